The van der Waals surface area contributed by atoms with Crippen LogP contribution in [0, 0.1) is 13.8 Å². The molecule has 5 heteroatoms. The Bertz CT molecular complexity index is 466. The van der Waals surface area contributed by atoms with Crippen molar-refractivity contribution in [1.82, 2.24) is 4.90 Å². The van der Waals surface area contributed by atoms with Crippen molar-refractivity contribution in [3.8, 4) is 0 Å². The largest absolute Gasteiger partial charge is 0.370 e. The van der Waals surface area contributed by atoms with Crippen molar-refractivity contribution in [2.45, 2.75) is 13.8 Å². The van der Waals surface area contributed by atoms with Gasteiger partial charge in [0.1, 0.15) is 6.54 Å². The number of anilines is 1. The minimum atomic E-state index is -0.0835. The van der Waals surface area contributed by atoms with Crippen LogP contribution < -0.4 is 11.1 Å². The molecule has 18 heavy (non-hydrogen) atoms. The second-order valence-corrected chi connectivity index (χ2v) is 4.41. The number of amides is 1. The normalized spacial score (nSPS) is 11.2. The van der Waals surface area contributed by atoms with Crippen LogP contribution in [0.3, 0.4) is 0 Å². The molecule has 3 N–H and O–H groups in total. The smallest absolute Gasteiger partial charge is 0.243 e. The minimum absolute atomic E-state index is 0.0523. The van der Waals surface area contributed by atoms with Crippen molar-refractivity contribution >= 4 is 17.6 Å². The van der Waals surface area contributed by atoms with Gasteiger partial charge in [-0.05, 0) is 37.1 Å². The maximum Gasteiger partial charge on any atom is 0.243 e. The molecule has 0 heterocycles. The quantitative estimate of drug-likeness (QED) is 0.622. The molecule has 1 amide bonds. The molecule has 0 aromatic heterocycles. The third-order valence-corrected chi connectivity index (χ3v) is 2.66. The third kappa shape index (κ3) is 4.08. The topological polar surface area (TPSA) is 70.7 Å². The molecule has 1 rings (SSSR count). The predicted octanol–water partition coefficient (Wildman–Crippen LogP) is 1.12. The number of carbonyl (C=O) groups excluding carboxylic acids is 1. The van der Waals surface area contributed by atoms with Crippen molar-refractivity contribution < 1.29 is 4.79 Å². The van der Waals surface area contributed by atoms with Crippen LogP contribution in [0.15, 0.2) is 23.2 Å². The summed E-state index contributed by atoms with van der Waals surface area (Å²) >= 11 is 0. The van der Waals surface area contributed by atoms with Gasteiger partial charge in [0.05, 0.1) is 0 Å². The molecule has 1 aromatic rings. The predicted molar refractivity (Wildman–Crippen MR) is 74.7 cm³/mol. The molecule has 0 unspecified atom stereocenters. The Morgan fingerprint density at radius 1 is 1.33 bits per heavy atom. The molecule has 0 radical (unpaired) electrons. The monoisotopic (exact) mass is 248 g/mol. The Hall–Kier alpha value is -2.04. The zero-order chi connectivity index (χ0) is 13.7. The molecule has 0 aliphatic carbocycles. The summed E-state index contributed by atoms with van der Waals surface area (Å²) in [7, 11) is 3.37. The first-order valence-corrected chi connectivity index (χ1v) is 5.74. The maximum atomic E-state index is 11.3. The van der Waals surface area contributed by atoms with Crippen molar-refractivity contribution in [2.75, 3.05) is 26.0 Å². The van der Waals surface area contributed by atoms with Gasteiger partial charge in [0.2, 0.25) is 5.91 Å². The van der Waals surface area contributed by atoms with Crippen LogP contribution in [0.4, 0.5) is 5.69 Å². The number of aryl methyl sites for hydroxylation is 2. The second kappa shape index (κ2) is 6.05. The molecule has 98 valence electrons. The number of likely N-dealkylation sites (N-methyl/N-ethyl adjacent to an activating group) is 1. The van der Waals surface area contributed by atoms with Gasteiger partial charge in [0.15, 0.2) is 5.96 Å². The van der Waals surface area contributed by atoms with E-state index in [0.29, 0.717) is 0 Å². The van der Waals surface area contributed by atoms with Gasteiger partial charge in [0, 0.05) is 19.8 Å². The molecular formula is C13H20N4O. The Kier molecular flexibility index (Phi) is 4.71. The number of nitrogens with one attached hydrogen (secondary N) is 1. The van der Waals surface area contributed by atoms with Crippen LogP contribution >= 0.6 is 0 Å². The fraction of sp³-hybridized carbons (Fsp3) is 0.385. The standard InChI is InChI=1S/C13H20N4O/c1-9-5-6-11(7-10(9)2)16-13(14)15-8-12(18)17(3)4/h5-7H,8H2,1-4H3,(H3,14,15,16). The molecule has 0 saturated carbocycles. The number of hydrogen-bond donors (Lipinski definition) is 2. The number of aliphatic imine (C=N–C) groups is 1. The van der Waals surface area contributed by atoms with E-state index >= 15 is 0 Å². The second-order valence-electron chi connectivity index (χ2n) is 4.41. The molecule has 0 spiro atoms. The lowest BCUT2D eigenvalue weighted by Gasteiger charge is -2.10. The van der Waals surface area contributed by atoms with Gasteiger partial charge < -0.3 is 16.0 Å². The highest BCUT2D eigenvalue weighted by atomic mass is 16.2. The van der Waals surface area contributed by atoms with Gasteiger partial charge in [-0.25, -0.2) is 4.99 Å². The highest BCUT2D eigenvalue weighted by Gasteiger charge is 2.03. The lowest BCUT2D eigenvalue weighted by atomic mass is 10.1. The number of guanidine groups is 1. The SMILES string of the molecule is Cc1ccc(NC(N)=NCC(=O)N(C)C)cc1C. The number of nitrogens with zero attached hydrogens (tertiary/aromatic N) is 2. The van der Waals surface area contributed by atoms with Gasteiger partial charge in [-0.15, -0.1) is 0 Å². The first-order chi connectivity index (χ1) is 8.40. The van der Waals surface area contributed by atoms with E-state index in [4.69, 9.17) is 5.73 Å². The van der Waals surface area contributed by atoms with Crippen LogP contribution in [0.25, 0.3) is 0 Å². The number of carbonyl (C=O) groups is 1. The highest BCUT2D eigenvalue weighted by molar-refractivity contribution is 5.93. The molecule has 0 aliphatic heterocycles. The van der Waals surface area contributed by atoms with Gasteiger partial charge in [-0.1, -0.05) is 6.07 Å². The molecule has 0 fully saturated rings. The van der Waals surface area contributed by atoms with E-state index in [9.17, 15) is 4.79 Å². The Morgan fingerprint density at radius 3 is 2.56 bits per heavy atom. The number of rotatable bonds is 3. The van der Waals surface area contributed by atoms with Crippen LogP contribution in [0.1, 0.15) is 11.1 Å². The summed E-state index contributed by atoms with van der Waals surface area (Å²) < 4.78 is 0. The van der Waals surface area contributed by atoms with Crippen molar-refractivity contribution in [2.24, 2.45) is 10.7 Å². The summed E-state index contributed by atoms with van der Waals surface area (Å²) in [6.45, 7) is 4.13. The molecule has 0 aliphatic rings. The van der Waals surface area contributed by atoms with Crippen molar-refractivity contribution in [3.05, 3.63) is 29.3 Å². The molecular weight excluding hydrogens is 228 g/mol. The van der Waals surface area contributed by atoms with E-state index in [1.165, 1.54) is 16.0 Å². The maximum absolute atomic E-state index is 11.3. The Labute approximate surface area is 108 Å². The fourth-order valence-electron chi connectivity index (χ4n) is 1.30. The van der Waals surface area contributed by atoms with E-state index in [2.05, 4.69) is 10.3 Å². The van der Waals surface area contributed by atoms with Gasteiger partial charge in [-0.3, -0.25) is 4.79 Å². The molecule has 0 bridgehead atoms. The summed E-state index contributed by atoms with van der Waals surface area (Å²) in [5.41, 5.74) is 8.98. The van der Waals surface area contributed by atoms with Crippen LogP contribution in [0.5, 0.6) is 0 Å². The molecule has 5 nitrogen and oxygen atoms in total. The third-order valence-electron chi connectivity index (χ3n) is 2.66. The zero-order valence-electron chi connectivity index (χ0n) is 11.3. The van der Waals surface area contributed by atoms with Crippen molar-refractivity contribution in [1.29, 1.82) is 0 Å². The Balaban J connectivity index is 2.63. The summed E-state index contributed by atoms with van der Waals surface area (Å²) in [5, 5.41) is 2.96. The molecule has 0 atom stereocenters. The fourth-order valence-corrected chi connectivity index (χ4v) is 1.30. The first-order valence-electron chi connectivity index (χ1n) is 5.74. The van der Waals surface area contributed by atoms with E-state index in [1.54, 1.807) is 14.1 Å². The summed E-state index contributed by atoms with van der Waals surface area (Å²) in [6.07, 6.45) is 0. The average molecular weight is 248 g/mol. The lowest BCUT2D eigenvalue weighted by Crippen LogP contribution is -2.28. The average Bonchev–Trinajstić information content (AvgIpc) is 2.30. The van der Waals surface area contributed by atoms with Crippen LogP contribution in [-0.2, 0) is 4.79 Å². The van der Waals surface area contributed by atoms with Gasteiger partial charge >= 0.3 is 0 Å². The summed E-state index contributed by atoms with van der Waals surface area (Å²) in [4.78, 5) is 16.8. The number of hydrogen-bond acceptors (Lipinski definition) is 2. The summed E-state index contributed by atoms with van der Waals surface area (Å²) in [5.74, 6) is 0.160. The van der Waals surface area contributed by atoms with Crippen molar-refractivity contribution in [3.63, 3.8) is 0 Å². The Morgan fingerprint density at radius 2 is 2.00 bits per heavy atom. The summed E-state index contributed by atoms with van der Waals surface area (Å²) in [6, 6.07) is 5.93. The minimum Gasteiger partial charge on any atom is -0.370 e. The van der Waals surface area contributed by atoms with E-state index in [0.717, 1.165) is 5.69 Å². The van der Waals surface area contributed by atoms with Crippen LogP contribution in [-0.4, -0.2) is 37.4 Å². The lowest BCUT2D eigenvalue weighted by molar-refractivity contribution is -0.127. The molecule has 0 saturated heterocycles. The highest BCUT2D eigenvalue weighted by Crippen LogP contribution is 2.13. The number of benzene rings is 1. The first kappa shape index (κ1) is 14.0. The zero-order valence-corrected chi connectivity index (χ0v) is 11.3. The van der Waals surface area contributed by atoms with E-state index in [1.807, 2.05) is 32.0 Å². The van der Waals surface area contributed by atoms with E-state index < -0.39 is 0 Å². The van der Waals surface area contributed by atoms with Gasteiger partial charge in [0.25, 0.3) is 0 Å². The van der Waals surface area contributed by atoms with Crippen LogP contribution in [0.2, 0.25) is 0 Å². The van der Waals surface area contributed by atoms with E-state index in [-0.39, 0.29) is 18.4 Å². The number of nitrogens with two attached hydrogens (primary N) is 1. The molecule has 1 aromatic carbocycles. The van der Waals surface area contributed by atoms with Gasteiger partial charge in [-0.2, -0.15) is 0 Å².